The van der Waals surface area contributed by atoms with Crippen molar-refractivity contribution in [2.45, 2.75) is 33.1 Å². The summed E-state index contributed by atoms with van der Waals surface area (Å²) >= 11 is 0. The molecule has 0 bridgehead atoms. The summed E-state index contributed by atoms with van der Waals surface area (Å²) in [5.74, 6) is -0.00319. The van der Waals surface area contributed by atoms with Gasteiger partial charge >= 0.3 is 5.97 Å². The molecular weight excluding hydrogens is 242 g/mol. The lowest BCUT2D eigenvalue weighted by molar-refractivity contribution is -0.136. The van der Waals surface area contributed by atoms with E-state index in [0.717, 1.165) is 11.1 Å². The summed E-state index contributed by atoms with van der Waals surface area (Å²) in [4.78, 5) is 14.9. The predicted molar refractivity (Wildman–Crippen MR) is 72.1 cm³/mol. The highest BCUT2D eigenvalue weighted by atomic mass is 16.4. The summed E-state index contributed by atoms with van der Waals surface area (Å²) in [6.45, 7) is 6.24. The number of carboxylic acid groups (broad SMARTS) is 1. The maximum atomic E-state index is 10.6. The van der Waals surface area contributed by atoms with Gasteiger partial charge < -0.3 is 9.52 Å². The third-order valence-corrected chi connectivity index (χ3v) is 3.04. The van der Waals surface area contributed by atoms with Crippen LogP contribution in [-0.2, 0) is 11.2 Å². The second kappa shape index (κ2) is 5.26. The van der Waals surface area contributed by atoms with Gasteiger partial charge in [-0.1, -0.05) is 26.0 Å². The van der Waals surface area contributed by atoms with Crippen molar-refractivity contribution in [3.05, 3.63) is 41.3 Å². The van der Waals surface area contributed by atoms with Gasteiger partial charge in [-0.3, -0.25) is 4.79 Å². The van der Waals surface area contributed by atoms with E-state index in [4.69, 9.17) is 9.52 Å². The first kappa shape index (κ1) is 13.3. The molecule has 0 aliphatic heterocycles. The van der Waals surface area contributed by atoms with E-state index in [1.165, 1.54) is 11.8 Å². The van der Waals surface area contributed by atoms with Crippen molar-refractivity contribution in [2.24, 2.45) is 0 Å². The highest BCUT2D eigenvalue weighted by molar-refractivity contribution is 5.70. The van der Waals surface area contributed by atoms with Crippen molar-refractivity contribution in [1.82, 2.24) is 4.98 Å². The van der Waals surface area contributed by atoms with Crippen LogP contribution < -0.4 is 0 Å². The molecule has 2 rings (SSSR count). The molecule has 0 spiro atoms. The number of benzene rings is 1. The van der Waals surface area contributed by atoms with Gasteiger partial charge in [-0.15, -0.1) is 0 Å². The molecule has 0 radical (unpaired) electrons. The molecule has 0 atom stereocenters. The molecule has 1 aromatic heterocycles. The van der Waals surface area contributed by atoms with Gasteiger partial charge in [0.25, 0.3) is 0 Å². The summed E-state index contributed by atoms with van der Waals surface area (Å²) in [5, 5.41) is 8.74. The van der Waals surface area contributed by atoms with Crippen LogP contribution in [0.2, 0.25) is 0 Å². The summed E-state index contributed by atoms with van der Waals surface area (Å²) in [5.41, 5.74) is 3.63. The maximum absolute atomic E-state index is 10.6. The Labute approximate surface area is 112 Å². The topological polar surface area (TPSA) is 63.3 Å². The smallest absolute Gasteiger partial charge is 0.309 e. The minimum atomic E-state index is -0.910. The number of oxazole rings is 1. The fraction of sp³-hybridized carbons (Fsp3) is 0.333. The van der Waals surface area contributed by atoms with Crippen molar-refractivity contribution >= 4 is 5.97 Å². The minimum absolute atomic E-state index is 0.119. The molecule has 0 aliphatic rings. The monoisotopic (exact) mass is 259 g/mol. The third-order valence-electron chi connectivity index (χ3n) is 3.04. The predicted octanol–water partition coefficient (Wildman–Crippen LogP) is 3.40. The van der Waals surface area contributed by atoms with E-state index in [2.05, 4.69) is 31.0 Å². The Balaban J connectivity index is 2.37. The molecule has 1 heterocycles. The SMILES string of the molecule is Cc1ccc(C(C)C)cc1-c1nc(CC(=O)O)co1. The van der Waals surface area contributed by atoms with Crippen LogP contribution in [0.5, 0.6) is 0 Å². The molecular formula is C15H17NO3. The molecule has 0 amide bonds. The second-order valence-electron chi connectivity index (χ2n) is 4.94. The zero-order valence-corrected chi connectivity index (χ0v) is 11.3. The number of nitrogens with zero attached hydrogens (tertiary/aromatic N) is 1. The minimum Gasteiger partial charge on any atom is -0.481 e. The first-order valence-corrected chi connectivity index (χ1v) is 6.24. The van der Waals surface area contributed by atoms with Gasteiger partial charge in [0.05, 0.1) is 12.1 Å². The zero-order chi connectivity index (χ0) is 14.0. The van der Waals surface area contributed by atoms with Gasteiger partial charge in [-0.05, 0) is 30.0 Å². The summed E-state index contributed by atoms with van der Waals surface area (Å²) in [6, 6.07) is 6.17. The average Bonchev–Trinajstić information content (AvgIpc) is 2.76. The molecule has 0 saturated heterocycles. The molecule has 19 heavy (non-hydrogen) atoms. The van der Waals surface area contributed by atoms with Gasteiger partial charge in [0, 0.05) is 5.56 Å². The lowest BCUT2D eigenvalue weighted by Gasteiger charge is -2.08. The Morgan fingerprint density at radius 1 is 1.42 bits per heavy atom. The number of aryl methyl sites for hydroxylation is 1. The molecule has 1 aromatic carbocycles. The van der Waals surface area contributed by atoms with E-state index >= 15 is 0 Å². The van der Waals surface area contributed by atoms with Crippen LogP contribution in [0.3, 0.4) is 0 Å². The number of hydrogen-bond acceptors (Lipinski definition) is 3. The normalized spacial score (nSPS) is 10.9. The molecule has 100 valence electrons. The fourth-order valence-electron chi connectivity index (χ4n) is 1.90. The average molecular weight is 259 g/mol. The molecule has 1 N–H and O–H groups in total. The van der Waals surface area contributed by atoms with E-state index in [9.17, 15) is 4.79 Å². The van der Waals surface area contributed by atoms with Crippen LogP contribution in [0.15, 0.2) is 28.9 Å². The van der Waals surface area contributed by atoms with E-state index < -0.39 is 5.97 Å². The van der Waals surface area contributed by atoms with Crippen molar-refractivity contribution in [3.8, 4) is 11.5 Å². The molecule has 0 unspecified atom stereocenters. The Hall–Kier alpha value is -2.10. The third kappa shape index (κ3) is 3.02. The highest BCUT2D eigenvalue weighted by Gasteiger charge is 2.13. The van der Waals surface area contributed by atoms with Gasteiger partial charge in [-0.2, -0.15) is 0 Å². The van der Waals surface area contributed by atoms with E-state index in [1.807, 2.05) is 13.0 Å². The summed E-state index contributed by atoms with van der Waals surface area (Å²) < 4.78 is 5.39. The quantitative estimate of drug-likeness (QED) is 0.914. The van der Waals surface area contributed by atoms with Crippen LogP contribution in [0.1, 0.15) is 36.6 Å². The first-order chi connectivity index (χ1) is 8.97. The first-order valence-electron chi connectivity index (χ1n) is 6.24. The second-order valence-corrected chi connectivity index (χ2v) is 4.94. The highest BCUT2D eigenvalue weighted by Crippen LogP contribution is 2.27. The Morgan fingerprint density at radius 3 is 2.79 bits per heavy atom. The van der Waals surface area contributed by atoms with E-state index in [1.54, 1.807) is 0 Å². The Morgan fingerprint density at radius 2 is 2.16 bits per heavy atom. The summed E-state index contributed by atoms with van der Waals surface area (Å²) in [6.07, 6.45) is 1.29. The van der Waals surface area contributed by atoms with Crippen LogP contribution in [-0.4, -0.2) is 16.1 Å². The molecule has 4 heteroatoms. The van der Waals surface area contributed by atoms with E-state index in [0.29, 0.717) is 17.5 Å². The number of aromatic nitrogens is 1. The van der Waals surface area contributed by atoms with Gasteiger partial charge in [0.2, 0.25) is 5.89 Å². The van der Waals surface area contributed by atoms with Crippen molar-refractivity contribution in [2.75, 3.05) is 0 Å². The Bertz CT molecular complexity index is 599. The molecule has 0 aliphatic carbocycles. The largest absolute Gasteiger partial charge is 0.481 e. The lowest BCUT2D eigenvalue weighted by atomic mass is 9.98. The van der Waals surface area contributed by atoms with E-state index in [-0.39, 0.29) is 6.42 Å². The molecule has 0 saturated carbocycles. The zero-order valence-electron chi connectivity index (χ0n) is 11.3. The van der Waals surface area contributed by atoms with Crippen LogP contribution in [0.4, 0.5) is 0 Å². The van der Waals surface area contributed by atoms with Crippen molar-refractivity contribution in [3.63, 3.8) is 0 Å². The number of carboxylic acids is 1. The van der Waals surface area contributed by atoms with Gasteiger partial charge in [0.1, 0.15) is 6.26 Å². The number of aliphatic carboxylic acids is 1. The Kier molecular flexibility index (Phi) is 3.69. The lowest BCUT2D eigenvalue weighted by Crippen LogP contribution is -2.00. The standard InChI is InChI=1S/C15H17NO3/c1-9(2)11-5-4-10(3)13(6-11)15-16-12(8-19-15)7-14(17)18/h4-6,8-9H,7H2,1-3H3,(H,17,18). The summed E-state index contributed by atoms with van der Waals surface area (Å²) in [7, 11) is 0. The van der Waals surface area contributed by atoms with Crippen molar-refractivity contribution < 1.29 is 14.3 Å². The van der Waals surface area contributed by atoms with Gasteiger partial charge in [0.15, 0.2) is 0 Å². The van der Waals surface area contributed by atoms with Crippen LogP contribution in [0, 0.1) is 6.92 Å². The number of carbonyl (C=O) groups is 1. The number of rotatable bonds is 4. The van der Waals surface area contributed by atoms with Gasteiger partial charge in [-0.25, -0.2) is 4.98 Å². The van der Waals surface area contributed by atoms with Crippen LogP contribution >= 0.6 is 0 Å². The number of hydrogen-bond donors (Lipinski definition) is 1. The maximum Gasteiger partial charge on any atom is 0.309 e. The molecule has 0 fully saturated rings. The van der Waals surface area contributed by atoms with Crippen molar-refractivity contribution in [1.29, 1.82) is 0 Å². The molecule has 2 aromatic rings. The fourth-order valence-corrected chi connectivity index (χ4v) is 1.90. The van der Waals surface area contributed by atoms with Crippen LogP contribution in [0.25, 0.3) is 11.5 Å². The molecule has 4 nitrogen and oxygen atoms in total.